The van der Waals surface area contributed by atoms with Crippen molar-refractivity contribution in [3.8, 4) is 11.4 Å². The lowest BCUT2D eigenvalue weighted by Gasteiger charge is -2.13. The van der Waals surface area contributed by atoms with Crippen LogP contribution in [0.4, 0.5) is 0 Å². The van der Waals surface area contributed by atoms with Crippen LogP contribution in [-0.2, 0) is 0 Å². The first-order chi connectivity index (χ1) is 10.1. The van der Waals surface area contributed by atoms with Gasteiger partial charge in [0.15, 0.2) is 5.82 Å². The molecule has 0 aliphatic heterocycles. The highest BCUT2D eigenvalue weighted by atomic mass is 35.5. The summed E-state index contributed by atoms with van der Waals surface area (Å²) in [6, 6.07) is 8.08. The minimum atomic E-state index is 0.303. The monoisotopic (exact) mass is 297 g/mol. The molecule has 2 heterocycles. The van der Waals surface area contributed by atoms with Gasteiger partial charge in [0.1, 0.15) is 5.15 Å². The fourth-order valence-corrected chi connectivity index (χ4v) is 3.05. The number of aromatic nitrogens is 3. The van der Waals surface area contributed by atoms with Crippen LogP contribution >= 0.6 is 11.6 Å². The smallest absolute Gasteiger partial charge is 0.163 e. The summed E-state index contributed by atoms with van der Waals surface area (Å²) in [7, 11) is 0. The molecule has 0 N–H and O–H groups in total. The van der Waals surface area contributed by atoms with Gasteiger partial charge in [-0.1, -0.05) is 49.7 Å². The fourth-order valence-electron chi connectivity index (χ4n) is 2.62. The number of benzene rings is 1. The van der Waals surface area contributed by atoms with Gasteiger partial charge >= 0.3 is 0 Å². The third kappa shape index (κ3) is 2.49. The lowest BCUT2D eigenvalue weighted by molar-refractivity contribution is 0.831. The fraction of sp³-hybridized carbons (Fsp3) is 0.235. The second kappa shape index (κ2) is 5.41. The number of halogens is 1. The van der Waals surface area contributed by atoms with E-state index in [1.807, 2.05) is 31.3 Å². The van der Waals surface area contributed by atoms with Crippen LogP contribution < -0.4 is 0 Å². The van der Waals surface area contributed by atoms with Crippen molar-refractivity contribution in [3.05, 3.63) is 53.1 Å². The number of rotatable bonds is 2. The van der Waals surface area contributed by atoms with E-state index in [-0.39, 0.29) is 0 Å². The van der Waals surface area contributed by atoms with Gasteiger partial charge in [-0.25, -0.2) is 9.97 Å². The van der Waals surface area contributed by atoms with Crippen LogP contribution in [0.5, 0.6) is 0 Å². The molecule has 3 nitrogen and oxygen atoms in total. The van der Waals surface area contributed by atoms with Crippen molar-refractivity contribution in [2.45, 2.75) is 26.7 Å². The van der Waals surface area contributed by atoms with Gasteiger partial charge in [-0.3, -0.25) is 4.98 Å². The third-order valence-electron chi connectivity index (χ3n) is 3.58. The first-order valence-electron chi connectivity index (χ1n) is 6.95. The van der Waals surface area contributed by atoms with Gasteiger partial charge in [0.05, 0.1) is 0 Å². The Morgan fingerprint density at radius 2 is 1.81 bits per heavy atom. The molecule has 0 saturated heterocycles. The van der Waals surface area contributed by atoms with Crippen molar-refractivity contribution in [3.63, 3.8) is 0 Å². The molecule has 21 heavy (non-hydrogen) atoms. The highest BCUT2D eigenvalue weighted by Gasteiger charge is 2.15. The molecule has 3 rings (SSSR count). The Labute approximate surface area is 129 Å². The summed E-state index contributed by atoms with van der Waals surface area (Å²) in [5.74, 6) is 0.934. The highest BCUT2D eigenvalue weighted by Crippen LogP contribution is 2.30. The summed E-state index contributed by atoms with van der Waals surface area (Å²) in [6.45, 7) is 6.17. The van der Waals surface area contributed by atoms with Gasteiger partial charge in [-0.15, -0.1) is 0 Å². The van der Waals surface area contributed by atoms with Crippen molar-refractivity contribution in [1.29, 1.82) is 0 Å². The van der Waals surface area contributed by atoms with E-state index < -0.39 is 0 Å². The lowest BCUT2D eigenvalue weighted by atomic mass is 10.0. The molecule has 4 heteroatoms. The number of pyridine rings is 1. The number of hydrogen-bond donors (Lipinski definition) is 0. The quantitative estimate of drug-likeness (QED) is 0.639. The molecule has 0 fully saturated rings. The summed E-state index contributed by atoms with van der Waals surface area (Å²) in [4.78, 5) is 13.4. The van der Waals surface area contributed by atoms with Gasteiger partial charge in [-0.2, -0.15) is 0 Å². The molecule has 0 amide bonds. The first kappa shape index (κ1) is 14.0. The van der Waals surface area contributed by atoms with E-state index in [0.29, 0.717) is 16.9 Å². The highest BCUT2D eigenvalue weighted by molar-refractivity contribution is 6.30. The number of nitrogens with zero attached hydrogens (tertiary/aromatic N) is 3. The van der Waals surface area contributed by atoms with Gasteiger partial charge in [0.25, 0.3) is 0 Å². The molecule has 2 aromatic heterocycles. The Balaban J connectivity index is 2.24. The summed E-state index contributed by atoms with van der Waals surface area (Å²) in [6.07, 6.45) is 3.64. The van der Waals surface area contributed by atoms with Crippen molar-refractivity contribution in [2.75, 3.05) is 0 Å². The molecule has 0 radical (unpaired) electrons. The molecule has 0 aliphatic carbocycles. The maximum Gasteiger partial charge on any atom is 0.163 e. The summed E-state index contributed by atoms with van der Waals surface area (Å²) >= 11 is 6.36. The zero-order chi connectivity index (χ0) is 15.0. The van der Waals surface area contributed by atoms with Crippen LogP contribution in [0.25, 0.3) is 22.2 Å². The SMILES string of the molecule is Cc1nc(-c2cncc3ccccc23)nc(Cl)c1C(C)C. The van der Waals surface area contributed by atoms with E-state index in [1.165, 1.54) is 0 Å². The average Bonchev–Trinajstić information content (AvgIpc) is 2.45. The third-order valence-corrected chi connectivity index (χ3v) is 3.86. The second-order valence-electron chi connectivity index (χ2n) is 5.40. The van der Waals surface area contributed by atoms with Crippen molar-refractivity contribution in [2.24, 2.45) is 0 Å². The predicted molar refractivity (Wildman–Crippen MR) is 86.6 cm³/mol. The molecule has 0 spiro atoms. The Hall–Kier alpha value is -2.00. The van der Waals surface area contributed by atoms with Crippen LogP contribution in [0.2, 0.25) is 5.15 Å². The van der Waals surface area contributed by atoms with Crippen LogP contribution in [0.15, 0.2) is 36.7 Å². The molecule has 0 aliphatic rings. The minimum Gasteiger partial charge on any atom is -0.263 e. The molecule has 3 aromatic rings. The van der Waals surface area contributed by atoms with E-state index in [2.05, 4.69) is 34.9 Å². The van der Waals surface area contributed by atoms with Crippen LogP contribution in [0, 0.1) is 6.92 Å². The molecular formula is C17H16ClN3. The van der Waals surface area contributed by atoms with E-state index in [0.717, 1.165) is 27.6 Å². The summed E-state index contributed by atoms with van der Waals surface area (Å²) in [5.41, 5.74) is 2.84. The molecule has 1 aromatic carbocycles. The summed E-state index contributed by atoms with van der Waals surface area (Å²) in [5, 5.41) is 2.68. The molecular weight excluding hydrogens is 282 g/mol. The lowest BCUT2D eigenvalue weighted by Crippen LogP contribution is -2.02. The Morgan fingerprint density at radius 1 is 1.05 bits per heavy atom. The van der Waals surface area contributed by atoms with E-state index >= 15 is 0 Å². The topological polar surface area (TPSA) is 38.7 Å². The largest absolute Gasteiger partial charge is 0.263 e. The van der Waals surface area contributed by atoms with Gasteiger partial charge in [0.2, 0.25) is 0 Å². The molecule has 0 unspecified atom stereocenters. The van der Waals surface area contributed by atoms with Gasteiger partial charge < -0.3 is 0 Å². The molecule has 0 bridgehead atoms. The van der Waals surface area contributed by atoms with Crippen molar-refractivity contribution in [1.82, 2.24) is 15.0 Å². The standard InChI is InChI=1S/C17H16ClN3/c1-10(2)15-11(3)20-17(21-16(15)18)14-9-19-8-12-6-4-5-7-13(12)14/h4-10H,1-3H3. The van der Waals surface area contributed by atoms with Crippen LogP contribution in [-0.4, -0.2) is 15.0 Å². The minimum absolute atomic E-state index is 0.303. The maximum atomic E-state index is 6.36. The number of aryl methyl sites for hydroxylation is 1. The predicted octanol–water partition coefficient (Wildman–Crippen LogP) is 4.78. The first-order valence-corrected chi connectivity index (χ1v) is 7.33. The average molecular weight is 298 g/mol. The Kier molecular flexibility index (Phi) is 3.60. The zero-order valence-corrected chi connectivity index (χ0v) is 13.0. The number of hydrogen-bond acceptors (Lipinski definition) is 3. The van der Waals surface area contributed by atoms with Gasteiger partial charge in [-0.05, 0) is 18.2 Å². The zero-order valence-electron chi connectivity index (χ0n) is 12.3. The van der Waals surface area contributed by atoms with E-state index in [1.54, 1.807) is 6.20 Å². The molecule has 0 atom stereocenters. The normalized spacial score (nSPS) is 11.3. The van der Waals surface area contributed by atoms with Crippen LogP contribution in [0.3, 0.4) is 0 Å². The second-order valence-corrected chi connectivity index (χ2v) is 5.76. The Morgan fingerprint density at radius 3 is 2.52 bits per heavy atom. The van der Waals surface area contributed by atoms with Gasteiger partial charge in [0, 0.05) is 34.6 Å². The maximum absolute atomic E-state index is 6.36. The summed E-state index contributed by atoms with van der Waals surface area (Å²) < 4.78 is 0. The molecule has 106 valence electrons. The van der Waals surface area contributed by atoms with Crippen molar-refractivity contribution >= 4 is 22.4 Å². The Bertz CT molecular complexity index is 784. The number of fused-ring (bicyclic) bond motifs is 1. The van der Waals surface area contributed by atoms with E-state index in [4.69, 9.17) is 11.6 Å². The van der Waals surface area contributed by atoms with Crippen LogP contribution in [0.1, 0.15) is 31.0 Å². The van der Waals surface area contributed by atoms with Crippen molar-refractivity contribution < 1.29 is 0 Å². The van der Waals surface area contributed by atoms with E-state index in [9.17, 15) is 0 Å². The molecule has 0 saturated carbocycles.